The smallest absolute Gasteiger partial charge is 0.0949 e. The molecule has 0 aliphatic carbocycles. The van der Waals surface area contributed by atoms with Gasteiger partial charge in [0.2, 0.25) is 0 Å². The van der Waals surface area contributed by atoms with Gasteiger partial charge in [-0.15, -0.1) is 0 Å². The third-order valence-corrected chi connectivity index (χ3v) is 3.75. The Labute approximate surface area is 121 Å². The van der Waals surface area contributed by atoms with E-state index in [1.54, 1.807) is 0 Å². The first-order valence-corrected chi connectivity index (χ1v) is 7.04. The van der Waals surface area contributed by atoms with E-state index in [2.05, 4.69) is 19.1 Å². The third-order valence-electron chi connectivity index (χ3n) is 3.75. The first kappa shape index (κ1) is 14.8. The molecule has 0 heterocycles. The zero-order valence-electron chi connectivity index (χ0n) is 12.4. The second kappa shape index (κ2) is 6.21. The van der Waals surface area contributed by atoms with Gasteiger partial charge in [-0.05, 0) is 49.4 Å². The van der Waals surface area contributed by atoms with Crippen LogP contribution >= 0.6 is 0 Å². The van der Waals surface area contributed by atoms with Crippen LogP contribution in [0.25, 0.3) is 0 Å². The molecule has 3 N–H and O–H groups in total. The van der Waals surface area contributed by atoms with Crippen LogP contribution in [0.2, 0.25) is 0 Å². The molecule has 2 heteroatoms. The third kappa shape index (κ3) is 3.27. The van der Waals surface area contributed by atoms with Gasteiger partial charge < -0.3 is 10.8 Å². The van der Waals surface area contributed by atoms with Crippen molar-refractivity contribution >= 4 is 0 Å². The molecule has 2 atom stereocenters. The number of aliphatic hydroxyl groups is 1. The van der Waals surface area contributed by atoms with Gasteiger partial charge in [-0.3, -0.25) is 0 Å². The maximum Gasteiger partial charge on any atom is 0.0949 e. The van der Waals surface area contributed by atoms with Crippen molar-refractivity contribution in [3.05, 3.63) is 70.3 Å². The first-order chi connectivity index (χ1) is 9.49. The monoisotopic (exact) mass is 269 g/mol. The molecule has 0 saturated heterocycles. The van der Waals surface area contributed by atoms with Crippen molar-refractivity contribution < 1.29 is 5.11 Å². The van der Waals surface area contributed by atoms with Crippen LogP contribution in [-0.4, -0.2) is 11.1 Å². The summed E-state index contributed by atoms with van der Waals surface area (Å²) in [5, 5.41) is 10.6. The van der Waals surface area contributed by atoms with Crippen molar-refractivity contribution in [1.29, 1.82) is 0 Å². The highest BCUT2D eigenvalue weighted by atomic mass is 16.3. The summed E-state index contributed by atoms with van der Waals surface area (Å²) in [4.78, 5) is 0. The van der Waals surface area contributed by atoms with Crippen molar-refractivity contribution in [2.75, 3.05) is 0 Å². The van der Waals surface area contributed by atoms with E-state index in [4.69, 9.17) is 5.73 Å². The summed E-state index contributed by atoms with van der Waals surface area (Å²) < 4.78 is 0. The second-order valence-corrected chi connectivity index (χ2v) is 5.61. The molecule has 0 aliphatic rings. The molecular formula is C18H23NO. The van der Waals surface area contributed by atoms with Gasteiger partial charge in [-0.25, -0.2) is 0 Å². The minimum atomic E-state index is -0.629. The Balaban J connectivity index is 2.21. The van der Waals surface area contributed by atoms with E-state index in [-0.39, 0.29) is 6.04 Å². The van der Waals surface area contributed by atoms with Crippen LogP contribution in [0.1, 0.15) is 33.9 Å². The Hall–Kier alpha value is -1.64. The Bertz CT molecular complexity index is 554. The molecule has 0 radical (unpaired) electrons. The summed E-state index contributed by atoms with van der Waals surface area (Å²) in [5.74, 6) is 0. The summed E-state index contributed by atoms with van der Waals surface area (Å²) in [6.07, 6.45) is 0.0465. The lowest BCUT2D eigenvalue weighted by Gasteiger charge is -2.23. The molecule has 0 amide bonds. The topological polar surface area (TPSA) is 46.2 Å². The van der Waals surface area contributed by atoms with E-state index in [0.717, 1.165) is 22.3 Å². The lowest BCUT2D eigenvalue weighted by molar-refractivity contribution is 0.145. The van der Waals surface area contributed by atoms with Gasteiger partial charge in [0.15, 0.2) is 0 Å². The van der Waals surface area contributed by atoms with E-state index in [1.807, 2.05) is 44.2 Å². The van der Waals surface area contributed by atoms with Gasteiger partial charge in [-0.1, -0.05) is 48.0 Å². The lowest BCUT2D eigenvalue weighted by Crippen LogP contribution is -2.31. The van der Waals surface area contributed by atoms with E-state index >= 15 is 0 Å². The van der Waals surface area contributed by atoms with Gasteiger partial charge in [0.25, 0.3) is 0 Å². The van der Waals surface area contributed by atoms with Gasteiger partial charge >= 0.3 is 0 Å². The number of benzene rings is 2. The molecule has 0 aromatic heterocycles. The number of hydrogen-bond donors (Lipinski definition) is 2. The van der Waals surface area contributed by atoms with Crippen LogP contribution in [-0.2, 0) is 6.42 Å². The summed E-state index contributed by atoms with van der Waals surface area (Å²) in [6, 6.07) is 14.0. The zero-order chi connectivity index (χ0) is 14.7. The van der Waals surface area contributed by atoms with Crippen LogP contribution < -0.4 is 5.73 Å². The second-order valence-electron chi connectivity index (χ2n) is 5.61. The molecular weight excluding hydrogens is 246 g/mol. The fourth-order valence-electron chi connectivity index (χ4n) is 2.87. The van der Waals surface area contributed by atoms with Gasteiger partial charge in [0, 0.05) is 6.04 Å². The van der Waals surface area contributed by atoms with Crippen LogP contribution in [0.15, 0.2) is 42.5 Å². The number of hydrogen-bond acceptors (Lipinski definition) is 2. The normalized spacial score (nSPS) is 14.1. The number of aryl methyl sites for hydroxylation is 3. The number of nitrogens with two attached hydrogens (primary N) is 1. The van der Waals surface area contributed by atoms with Crippen LogP contribution in [0.4, 0.5) is 0 Å². The van der Waals surface area contributed by atoms with Crippen molar-refractivity contribution in [3.8, 4) is 0 Å². The molecule has 106 valence electrons. The molecule has 2 unspecified atom stereocenters. The minimum Gasteiger partial charge on any atom is -0.387 e. The standard InChI is InChI=1S/C18H23NO/c1-12-9-13(2)17(14(3)10-12)18(20)16(19)11-15-7-5-4-6-8-15/h4-10,16,18,20H,11,19H2,1-3H3. The highest BCUT2D eigenvalue weighted by Crippen LogP contribution is 2.26. The Morgan fingerprint density at radius 3 is 2.10 bits per heavy atom. The summed E-state index contributed by atoms with van der Waals surface area (Å²) in [6.45, 7) is 6.14. The van der Waals surface area contributed by atoms with Crippen LogP contribution in [0, 0.1) is 20.8 Å². The van der Waals surface area contributed by atoms with E-state index in [1.165, 1.54) is 5.56 Å². The van der Waals surface area contributed by atoms with Gasteiger partial charge in [0.1, 0.15) is 0 Å². The highest BCUT2D eigenvalue weighted by molar-refractivity contribution is 5.39. The minimum absolute atomic E-state index is 0.294. The van der Waals surface area contributed by atoms with E-state index < -0.39 is 6.10 Å². The maximum atomic E-state index is 10.6. The maximum absolute atomic E-state index is 10.6. The van der Waals surface area contributed by atoms with Crippen molar-refractivity contribution in [2.45, 2.75) is 39.3 Å². The zero-order valence-corrected chi connectivity index (χ0v) is 12.4. The molecule has 2 rings (SSSR count). The Morgan fingerprint density at radius 1 is 1.00 bits per heavy atom. The molecule has 2 aromatic rings. The Kier molecular flexibility index (Phi) is 4.58. The first-order valence-electron chi connectivity index (χ1n) is 7.04. The highest BCUT2D eigenvalue weighted by Gasteiger charge is 2.21. The number of aliphatic hydroxyl groups excluding tert-OH is 1. The average Bonchev–Trinajstić information content (AvgIpc) is 2.38. The van der Waals surface area contributed by atoms with E-state index in [0.29, 0.717) is 6.42 Å². The van der Waals surface area contributed by atoms with Gasteiger partial charge in [0.05, 0.1) is 6.10 Å². The largest absolute Gasteiger partial charge is 0.387 e. The molecule has 20 heavy (non-hydrogen) atoms. The summed E-state index contributed by atoms with van der Waals surface area (Å²) in [7, 11) is 0. The molecule has 0 spiro atoms. The summed E-state index contributed by atoms with van der Waals surface area (Å²) >= 11 is 0. The predicted octanol–water partition coefficient (Wildman–Crippen LogP) is 3.22. The quantitative estimate of drug-likeness (QED) is 0.895. The van der Waals surface area contributed by atoms with Crippen LogP contribution in [0.5, 0.6) is 0 Å². The molecule has 0 saturated carbocycles. The average molecular weight is 269 g/mol. The fourth-order valence-corrected chi connectivity index (χ4v) is 2.87. The predicted molar refractivity (Wildman–Crippen MR) is 83.7 cm³/mol. The summed E-state index contributed by atoms with van der Waals surface area (Å²) in [5.41, 5.74) is 11.8. The van der Waals surface area contributed by atoms with Gasteiger partial charge in [-0.2, -0.15) is 0 Å². The molecule has 0 fully saturated rings. The Morgan fingerprint density at radius 2 is 1.55 bits per heavy atom. The van der Waals surface area contributed by atoms with Crippen LogP contribution in [0.3, 0.4) is 0 Å². The number of rotatable bonds is 4. The van der Waals surface area contributed by atoms with Crippen molar-refractivity contribution in [2.24, 2.45) is 5.73 Å². The molecule has 2 nitrogen and oxygen atoms in total. The molecule has 0 bridgehead atoms. The van der Waals surface area contributed by atoms with E-state index in [9.17, 15) is 5.11 Å². The van der Waals surface area contributed by atoms with Crippen molar-refractivity contribution in [3.63, 3.8) is 0 Å². The lowest BCUT2D eigenvalue weighted by atomic mass is 9.90. The molecule has 0 aliphatic heterocycles. The molecule has 2 aromatic carbocycles. The SMILES string of the molecule is Cc1cc(C)c(C(O)C(N)Cc2ccccc2)c(C)c1. The van der Waals surface area contributed by atoms with Crippen molar-refractivity contribution in [1.82, 2.24) is 0 Å². The fraction of sp³-hybridized carbons (Fsp3) is 0.333.